The second-order valence-corrected chi connectivity index (χ2v) is 6.77. The topological polar surface area (TPSA) is 15.6 Å². The predicted octanol–water partition coefficient (Wildman–Crippen LogP) is 4.89. The molecular weight excluding hydrogens is 339 g/mol. The van der Waals surface area contributed by atoms with E-state index in [0.717, 1.165) is 29.1 Å². The van der Waals surface area contributed by atoms with Gasteiger partial charge in [-0.05, 0) is 24.3 Å². The van der Waals surface area contributed by atoms with Crippen LogP contribution in [-0.4, -0.2) is 31.2 Å². The Morgan fingerprint density at radius 3 is 2.64 bits per heavy atom. The maximum Gasteiger partial charge on any atom is 0.0755 e. The van der Waals surface area contributed by atoms with Crippen LogP contribution >= 0.6 is 34.8 Å². The number of hydrogen-bond donors (Lipinski definition) is 0. The Kier molecular flexibility index (Phi) is 4.62. The number of fused-ring (bicyclic) bond motifs is 1. The monoisotopic (exact) mass is 352 g/mol. The van der Waals surface area contributed by atoms with Crippen LogP contribution in [0.1, 0.15) is 11.1 Å². The minimum absolute atomic E-state index is 0.0497. The van der Waals surface area contributed by atoms with Crippen LogP contribution in [0.25, 0.3) is 0 Å². The average Bonchev–Trinajstić information content (AvgIpc) is 2.48. The number of alkyl halides is 1. The van der Waals surface area contributed by atoms with Gasteiger partial charge in [0.1, 0.15) is 0 Å². The van der Waals surface area contributed by atoms with E-state index in [1.807, 2.05) is 49.5 Å². The van der Waals surface area contributed by atoms with Crippen molar-refractivity contribution >= 4 is 46.2 Å². The van der Waals surface area contributed by atoms with Gasteiger partial charge in [0, 0.05) is 40.5 Å². The van der Waals surface area contributed by atoms with Gasteiger partial charge in [-0.15, -0.1) is 11.6 Å². The van der Waals surface area contributed by atoms with E-state index in [9.17, 15) is 0 Å². The first-order valence-corrected chi connectivity index (χ1v) is 8.20. The Bertz CT molecular complexity index is 728. The van der Waals surface area contributed by atoms with Gasteiger partial charge in [0.2, 0.25) is 0 Å². The predicted molar refractivity (Wildman–Crippen MR) is 96.3 cm³/mol. The zero-order valence-electron chi connectivity index (χ0n) is 12.1. The van der Waals surface area contributed by atoms with Crippen molar-refractivity contribution in [3.05, 3.63) is 63.6 Å². The Morgan fingerprint density at radius 1 is 1.09 bits per heavy atom. The van der Waals surface area contributed by atoms with Gasteiger partial charge in [-0.2, -0.15) is 0 Å². The molecule has 0 radical (unpaired) electrons. The first kappa shape index (κ1) is 15.7. The molecule has 22 heavy (non-hydrogen) atoms. The lowest BCUT2D eigenvalue weighted by Gasteiger charge is -2.28. The maximum atomic E-state index is 6.37. The molecule has 0 saturated heterocycles. The molecule has 0 bridgehead atoms. The molecule has 0 aliphatic carbocycles. The second kappa shape index (κ2) is 6.49. The van der Waals surface area contributed by atoms with Crippen molar-refractivity contribution in [1.29, 1.82) is 0 Å². The van der Waals surface area contributed by atoms with Crippen LogP contribution in [0.5, 0.6) is 0 Å². The average molecular weight is 354 g/mol. The third-order valence-electron chi connectivity index (χ3n) is 3.67. The molecule has 3 rings (SSSR count). The van der Waals surface area contributed by atoms with E-state index in [1.165, 1.54) is 0 Å². The number of benzene rings is 2. The molecule has 114 valence electrons. The minimum atomic E-state index is -0.0497. The Hall–Kier alpha value is -1.22. The zero-order chi connectivity index (χ0) is 15.7. The van der Waals surface area contributed by atoms with Gasteiger partial charge in [-0.3, -0.25) is 4.99 Å². The third-order valence-corrected chi connectivity index (χ3v) is 4.51. The fraction of sp³-hybridized carbons (Fsp3) is 0.235. The molecule has 1 heterocycles. The van der Waals surface area contributed by atoms with Crippen LogP contribution in [0, 0.1) is 0 Å². The number of aliphatic imine (C=N–C) groups is 1. The Labute approximate surface area is 145 Å². The molecule has 1 aliphatic heterocycles. The summed E-state index contributed by atoms with van der Waals surface area (Å²) in [7, 11) is 2.03. The number of halogens is 3. The Balaban J connectivity index is 2.23. The highest BCUT2D eigenvalue weighted by Gasteiger charge is 2.21. The summed E-state index contributed by atoms with van der Waals surface area (Å²) < 4.78 is 0. The molecule has 1 atom stereocenters. The normalized spacial score (nSPS) is 20.6. The molecule has 0 amide bonds. The van der Waals surface area contributed by atoms with Gasteiger partial charge in [0.05, 0.1) is 17.6 Å². The summed E-state index contributed by atoms with van der Waals surface area (Å²) in [6.07, 6.45) is 0. The molecule has 1 aliphatic rings. The summed E-state index contributed by atoms with van der Waals surface area (Å²) in [5.41, 5.74) is 3.76. The summed E-state index contributed by atoms with van der Waals surface area (Å²) in [4.78, 5) is 6.86. The van der Waals surface area contributed by atoms with Crippen molar-refractivity contribution < 1.29 is 0 Å². The van der Waals surface area contributed by atoms with E-state index in [1.54, 1.807) is 0 Å². The van der Waals surface area contributed by atoms with Gasteiger partial charge in [0.25, 0.3) is 0 Å². The van der Waals surface area contributed by atoms with Crippen LogP contribution in [0.15, 0.2) is 47.5 Å². The van der Waals surface area contributed by atoms with Gasteiger partial charge in [0.15, 0.2) is 0 Å². The third kappa shape index (κ3) is 3.10. The lowest BCUT2D eigenvalue weighted by molar-refractivity contribution is 0.798. The molecule has 0 saturated carbocycles. The van der Waals surface area contributed by atoms with Crippen molar-refractivity contribution in [1.82, 2.24) is 0 Å². The highest BCUT2D eigenvalue weighted by atomic mass is 35.5. The summed E-state index contributed by atoms with van der Waals surface area (Å²) in [5, 5.41) is 1.29. The first-order chi connectivity index (χ1) is 10.6. The summed E-state index contributed by atoms with van der Waals surface area (Å²) in [6.45, 7) is 1.27. The summed E-state index contributed by atoms with van der Waals surface area (Å²) in [5.74, 6) is 0. The molecule has 0 aromatic heterocycles. The molecule has 5 heteroatoms. The van der Waals surface area contributed by atoms with E-state index in [-0.39, 0.29) is 5.38 Å². The smallest absolute Gasteiger partial charge is 0.0755 e. The quantitative estimate of drug-likeness (QED) is 0.667. The van der Waals surface area contributed by atoms with Crippen molar-refractivity contribution in [2.24, 2.45) is 4.99 Å². The highest BCUT2D eigenvalue weighted by molar-refractivity contribution is 6.36. The maximum absolute atomic E-state index is 6.37. The van der Waals surface area contributed by atoms with E-state index >= 15 is 0 Å². The van der Waals surface area contributed by atoms with Gasteiger partial charge < -0.3 is 4.90 Å². The molecule has 2 aromatic carbocycles. The van der Waals surface area contributed by atoms with E-state index in [2.05, 4.69) is 4.90 Å². The van der Waals surface area contributed by atoms with E-state index < -0.39 is 0 Å². The number of anilines is 1. The lowest BCUT2D eigenvalue weighted by atomic mass is 9.99. The largest absolute Gasteiger partial charge is 0.372 e. The number of hydrogen-bond acceptors (Lipinski definition) is 2. The lowest BCUT2D eigenvalue weighted by Crippen LogP contribution is -2.31. The van der Waals surface area contributed by atoms with Gasteiger partial charge in [-0.25, -0.2) is 0 Å². The Morgan fingerprint density at radius 2 is 1.86 bits per heavy atom. The van der Waals surface area contributed by atoms with Crippen molar-refractivity contribution in [3.63, 3.8) is 0 Å². The van der Waals surface area contributed by atoms with Gasteiger partial charge in [-0.1, -0.05) is 41.4 Å². The van der Waals surface area contributed by atoms with Crippen LogP contribution in [0.4, 0.5) is 5.69 Å². The molecule has 0 fully saturated rings. The second-order valence-electron chi connectivity index (χ2n) is 5.31. The minimum Gasteiger partial charge on any atom is -0.372 e. The summed E-state index contributed by atoms with van der Waals surface area (Å²) in [6, 6.07) is 13.5. The molecular formula is C17H15Cl3N2. The van der Waals surface area contributed by atoms with Crippen LogP contribution in [0.2, 0.25) is 10.0 Å². The fourth-order valence-corrected chi connectivity index (χ4v) is 3.32. The zero-order valence-corrected chi connectivity index (χ0v) is 14.3. The van der Waals surface area contributed by atoms with Crippen molar-refractivity contribution in [2.45, 2.75) is 5.38 Å². The number of rotatable bonds is 1. The molecule has 2 aromatic rings. The highest BCUT2D eigenvalue weighted by Crippen LogP contribution is 2.30. The van der Waals surface area contributed by atoms with Crippen LogP contribution in [-0.2, 0) is 0 Å². The number of nitrogens with zero attached hydrogens (tertiary/aromatic N) is 2. The standard InChI is InChI=1S/C17H15Cl3N2/c1-22-10-12(19)9-21-17(13-4-2-3-5-15(13)20)14-8-11(18)6-7-16(14)22/h2-8,12H,9-10H2,1H3/b21-17-. The van der Waals surface area contributed by atoms with Crippen molar-refractivity contribution in [2.75, 3.05) is 25.0 Å². The SMILES string of the molecule is CN1CC(Cl)C/N=C(/c2ccccc2Cl)c2cc(Cl)ccc21. The molecule has 0 N–H and O–H groups in total. The van der Waals surface area contributed by atoms with E-state index in [4.69, 9.17) is 39.8 Å². The van der Waals surface area contributed by atoms with Gasteiger partial charge >= 0.3 is 0 Å². The van der Waals surface area contributed by atoms with Crippen LogP contribution < -0.4 is 4.90 Å². The summed E-state index contributed by atoms with van der Waals surface area (Å²) >= 11 is 18.9. The van der Waals surface area contributed by atoms with Crippen LogP contribution in [0.3, 0.4) is 0 Å². The fourth-order valence-electron chi connectivity index (χ4n) is 2.64. The van der Waals surface area contributed by atoms with Crippen molar-refractivity contribution in [3.8, 4) is 0 Å². The molecule has 1 unspecified atom stereocenters. The molecule has 0 spiro atoms. The van der Waals surface area contributed by atoms with E-state index in [0.29, 0.717) is 16.6 Å². The first-order valence-electron chi connectivity index (χ1n) is 7.00. The molecule has 2 nitrogen and oxygen atoms in total.